The SMILES string of the molecule is Cc1ccc2c(c1)c(=O)n(C)c1c2cnn1C1CN(C[C@@H](C)O)C1. The molecule has 0 aliphatic carbocycles. The van der Waals surface area contributed by atoms with Crippen molar-refractivity contribution < 1.29 is 5.11 Å². The Balaban J connectivity index is 1.81. The predicted molar refractivity (Wildman–Crippen MR) is 94.4 cm³/mol. The first kappa shape index (κ1) is 15.4. The zero-order valence-corrected chi connectivity index (χ0v) is 14.2. The van der Waals surface area contributed by atoms with Crippen LogP contribution in [0.4, 0.5) is 0 Å². The molecule has 2 aromatic heterocycles. The lowest BCUT2D eigenvalue weighted by molar-refractivity contribution is 0.0489. The number of nitrogens with zero attached hydrogens (tertiary/aromatic N) is 4. The van der Waals surface area contributed by atoms with Gasteiger partial charge in [-0.3, -0.25) is 14.3 Å². The lowest BCUT2D eigenvalue weighted by Gasteiger charge is -2.40. The molecule has 3 heterocycles. The van der Waals surface area contributed by atoms with E-state index in [2.05, 4.69) is 10.00 Å². The molecule has 1 fully saturated rings. The summed E-state index contributed by atoms with van der Waals surface area (Å²) >= 11 is 0. The van der Waals surface area contributed by atoms with E-state index in [4.69, 9.17) is 0 Å². The Hall–Kier alpha value is -2.18. The third kappa shape index (κ3) is 2.25. The van der Waals surface area contributed by atoms with Crippen LogP contribution in [0.5, 0.6) is 0 Å². The number of pyridine rings is 1. The smallest absolute Gasteiger partial charge is 0.259 e. The van der Waals surface area contributed by atoms with Crippen molar-refractivity contribution in [1.82, 2.24) is 19.2 Å². The van der Waals surface area contributed by atoms with Crippen molar-refractivity contribution >= 4 is 21.8 Å². The molecule has 0 radical (unpaired) electrons. The van der Waals surface area contributed by atoms with Gasteiger partial charge in [0, 0.05) is 37.5 Å². The van der Waals surface area contributed by atoms with Gasteiger partial charge in [-0.05, 0) is 25.3 Å². The van der Waals surface area contributed by atoms with Gasteiger partial charge in [0.15, 0.2) is 0 Å². The number of aromatic nitrogens is 3. The molecule has 3 aromatic rings. The number of aliphatic hydroxyl groups is 1. The number of hydrogen-bond donors (Lipinski definition) is 1. The van der Waals surface area contributed by atoms with Gasteiger partial charge in [0.25, 0.3) is 5.56 Å². The first-order valence-electron chi connectivity index (χ1n) is 8.32. The standard InChI is InChI=1S/C18H22N4O2/c1-11-4-5-14-15(6-11)18(24)20(3)17-16(14)7-19-22(17)13-9-21(10-13)8-12(2)23/h4-7,12-13,23H,8-10H2,1-3H3/t12-/m1/s1. The summed E-state index contributed by atoms with van der Waals surface area (Å²) in [4.78, 5) is 15.0. The molecule has 126 valence electrons. The summed E-state index contributed by atoms with van der Waals surface area (Å²) in [5.74, 6) is 0. The molecule has 0 saturated carbocycles. The number of β-amino-alcohol motifs (C(OH)–C–C–N with tert-alkyl or cyclic N) is 1. The average molecular weight is 326 g/mol. The van der Waals surface area contributed by atoms with Gasteiger partial charge in [-0.15, -0.1) is 0 Å². The molecule has 6 heteroatoms. The molecule has 1 aliphatic rings. The van der Waals surface area contributed by atoms with Crippen LogP contribution in [0.25, 0.3) is 21.8 Å². The van der Waals surface area contributed by atoms with E-state index in [0.717, 1.165) is 40.5 Å². The van der Waals surface area contributed by atoms with E-state index >= 15 is 0 Å². The minimum Gasteiger partial charge on any atom is -0.392 e. The molecule has 1 aliphatic heterocycles. The lowest BCUT2D eigenvalue weighted by Crippen LogP contribution is -2.50. The zero-order valence-electron chi connectivity index (χ0n) is 14.2. The molecular weight excluding hydrogens is 304 g/mol. The van der Waals surface area contributed by atoms with Gasteiger partial charge in [0.2, 0.25) is 0 Å². The molecule has 6 nitrogen and oxygen atoms in total. The van der Waals surface area contributed by atoms with Crippen molar-refractivity contribution in [2.75, 3.05) is 19.6 Å². The van der Waals surface area contributed by atoms with Crippen LogP contribution in [0, 0.1) is 6.92 Å². The number of rotatable bonds is 3. The Morgan fingerprint density at radius 3 is 2.75 bits per heavy atom. The van der Waals surface area contributed by atoms with Gasteiger partial charge in [-0.1, -0.05) is 17.7 Å². The number of aliphatic hydroxyl groups excluding tert-OH is 1. The van der Waals surface area contributed by atoms with E-state index in [1.165, 1.54) is 0 Å². The van der Waals surface area contributed by atoms with Crippen molar-refractivity contribution in [2.24, 2.45) is 7.05 Å². The van der Waals surface area contributed by atoms with Crippen molar-refractivity contribution in [1.29, 1.82) is 0 Å². The van der Waals surface area contributed by atoms with Crippen LogP contribution in [0.1, 0.15) is 18.5 Å². The molecule has 0 amide bonds. The van der Waals surface area contributed by atoms with Gasteiger partial charge in [-0.25, -0.2) is 4.68 Å². The van der Waals surface area contributed by atoms with Crippen molar-refractivity contribution in [3.8, 4) is 0 Å². The van der Waals surface area contributed by atoms with Crippen LogP contribution in [0.15, 0.2) is 29.2 Å². The maximum absolute atomic E-state index is 12.8. The van der Waals surface area contributed by atoms with E-state index in [1.807, 2.05) is 43.0 Å². The highest BCUT2D eigenvalue weighted by atomic mass is 16.3. The Kier molecular flexibility index (Phi) is 3.47. The second-order valence-electron chi connectivity index (χ2n) is 6.96. The minimum absolute atomic E-state index is 0.0168. The van der Waals surface area contributed by atoms with E-state index in [-0.39, 0.29) is 17.7 Å². The highest BCUT2D eigenvalue weighted by Crippen LogP contribution is 2.28. The van der Waals surface area contributed by atoms with Gasteiger partial charge in [-0.2, -0.15) is 5.10 Å². The molecule has 1 saturated heterocycles. The first-order chi connectivity index (χ1) is 11.5. The van der Waals surface area contributed by atoms with Crippen molar-refractivity contribution in [2.45, 2.75) is 26.0 Å². The van der Waals surface area contributed by atoms with Crippen LogP contribution in [0.2, 0.25) is 0 Å². The topological polar surface area (TPSA) is 63.3 Å². The van der Waals surface area contributed by atoms with Gasteiger partial charge < -0.3 is 5.11 Å². The summed E-state index contributed by atoms with van der Waals surface area (Å²) in [6.45, 7) is 6.17. The quantitative estimate of drug-likeness (QED) is 0.791. The maximum Gasteiger partial charge on any atom is 0.259 e. The monoisotopic (exact) mass is 326 g/mol. The molecule has 0 spiro atoms. The Morgan fingerprint density at radius 1 is 1.29 bits per heavy atom. The van der Waals surface area contributed by atoms with Crippen LogP contribution >= 0.6 is 0 Å². The van der Waals surface area contributed by atoms with E-state index < -0.39 is 0 Å². The number of fused-ring (bicyclic) bond motifs is 3. The zero-order chi connectivity index (χ0) is 17.0. The molecule has 0 bridgehead atoms. The Labute approximate surface area is 139 Å². The predicted octanol–water partition coefficient (Wildman–Crippen LogP) is 1.43. The molecule has 4 rings (SSSR count). The molecule has 0 unspecified atom stereocenters. The highest BCUT2D eigenvalue weighted by molar-refractivity contribution is 6.04. The fourth-order valence-corrected chi connectivity index (χ4v) is 3.71. The van der Waals surface area contributed by atoms with E-state index in [9.17, 15) is 9.90 Å². The Morgan fingerprint density at radius 2 is 2.04 bits per heavy atom. The molecular formula is C18H22N4O2. The largest absolute Gasteiger partial charge is 0.392 e. The number of benzene rings is 1. The second-order valence-corrected chi connectivity index (χ2v) is 6.96. The minimum atomic E-state index is -0.322. The van der Waals surface area contributed by atoms with Gasteiger partial charge >= 0.3 is 0 Å². The summed E-state index contributed by atoms with van der Waals surface area (Å²) in [6, 6.07) is 6.24. The Bertz CT molecular complexity index is 980. The highest BCUT2D eigenvalue weighted by Gasteiger charge is 2.31. The average Bonchev–Trinajstić information content (AvgIpc) is 2.92. The van der Waals surface area contributed by atoms with Gasteiger partial charge in [0.05, 0.1) is 18.3 Å². The van der Waals surface area contributed by atoms with Gasteiger partial charge in [0.1, 0.15) is 5.65 Å². The molecule has 1 N–H and O–H groups in total. The number of hydrogen-bond acceptors (Lipinski definition) is 4. The van der Waals surface area contributed by atoms with Crippen LogP contribution in [-0.2, 0) is 7.05 Å². The fourth-order valence-electron chi connectivity index (χ4n) is 3.71. The van der Waals surface area contributed by atoms with Crippen molar-refractivity contribution in [3.63, 3.8) is 0 Å². The number of aryl methyl sites for hydroxylation is 2. The first-order valence-corrected chi connectivity index (χ1v) is 8.32. The summed E-state index contributed by atoms with van der Waals surface area (Å²) in [5, 5.41) is 16.8. The fraction of sp³-hybridized carbons (Fsp3) is 0.444. The van der Waals surface area contributed by atoms with Crippen LogP contribution in [0.3, 0.4) is 0 Å². The van der Waals surface area contributed by atoms with E-state index in [1.54, 1.807) is 11.5 Å². The molecule has 1 atom stereocenters. The van der Waals surface area contributed by atoms with Crippen LogP contribution < -0.4 is 5.56 Å². The third-order valence-electron chi connectivity index (χ3n) is 4.89. The summed E-state index contributed by atoms with van der Waals surface area (Å²) in [5.41, 5.74) is 1.97. The van der Waals surface area contributed by atoms with Crippen molar-refractivity contribution in [3.05, 3.63) is 40.3 Å². The van der Waals surface area contributed by atoms with Crippen LogP contribution in [-0.4, -0.2) is 50.1 Å². The lowest BCUT2D eigenvalue weighted by atomic mass is 10.1. The second kappa shape index (κ2) is 5.43. The summed E-state index contributed by atoms with van der Waals surface area (Å²) < 4.78 is 3.68. The summed E-state index contributed by atoms with van der Waals surface area (Å²) in [6.07, 6.45) is 1.54. The molecule has 24 heavy (non-hydrogen) atoms. The number of likely N-dealkylation sites (tertiary alicyclic amines) is 1. The normalized spacial score (nSPS) is 17.5. The summed E-state index contributed by atoms with van der Waals surface area (Å²) in [7, 11) is 1.82. The van der Waals surface area contributed by atoms with E-state index in [0.29, 0.717) is 6.54 Å². The molecule has 1 aromatic carbocycles. The third-order valence-corrected chi connectivity index (χ3v) is 4.89. The maximum atomic E-state index is 12.8.